The predicted molar refractivity (Wildman–Crippen MR) is 116 cm³/mol. The second kappa shape index (κ2) is 12.1. The van der Waals surface area contributed by atoms with Crippen molar-refractivity contribution < 1.29 is 44.3 Å². The molecule has 0 aliphatic heterocycles. The van der Waals surface area contributed by atoms with Gasteiger partial charge >= 0.3 is 17.2 Å². The lowest BCUT2D eigenvalue weighted by molar-refractivity contribution is -0.0857. The molecule has 0 amide bonds. The minimum Gasteiger partial charge on any atom is -0.395 e. The van der Waals surface area contributed by atoms with Crippen LogP contribution in [0.5, 0.6) is 0 Å². The maximum atomic E-state index is 10.8. The SMILES string of the molecule is CC(C)(C)c1ccc(C(O)C(CO)(CO)CO)c(C(C)(C)C)c1.OP(O)OP(O)O. The summed E-state index contributed by atoms with van der Waals surface area (Å²) in [7, 11) is -5.22. The fourth-order valence-electron chi connectivity index (χ4n) is 2.72. The molecule has 0 aromatic heterocycles. The smallest absolute Gasteiger partial charge is 0.334 e. The fourth-order valence-corrected chi connectivity index (χ4v) is 3.24. The van der Waals surface area contributed by atoms with Crippen LogP contribution in [0.2, 0.25) is 0 Å². The van der Waals surface area contributed by atoms with Crippen LogP contribution in [0.3, 0.4) is 0 Å². The third-order valence-electron chi connectivity index (χ3n) is 4.69. The molecule has 30 heavy (non-hydrogen) atoms. The van der Waals surface area contributed by atoms with Gasteiger partial charge in [-0.2, -0.15) is 0 Å². The molecule has 176 valence electrons. The molecule has 0 aliphatic rings. The molecule has 0 aliphatic carbocycles. The van der Waals surface area contributed by atoms with Gasteiger partial charge in [0.15, 0.2) is 0 Å². The lowest BCUT2D eigenvalue weighted by atomic mass is 9.73. The van der Waals surface area contributed by atoms with Crippen molar-refractivity contribution in [3.8, 4) is 0 Å². The normalized spacial score (nSPS) is 14.0. The summed E-state index contributed by atoms with van der Waals surface area (Å²) < 4.78 is 3.60. The van der Waals surface area contributed by atoms with Gasteiger partial charge in [0.05, 0.1) is 31.3 Å². The number of benzene rings is 1. The van der Waals surface area contributed by atoms with E-state index in [9.17, 15) is 20.4 Å². The molecular weight excluding hydrogens is 434 g/mol. The summed E-state index contributed by atoms with van der Waals surface area (Å²) in [6.07, 6.45) is -1.15. The first-order valence-electron chi connectivity index (χ1n) is 9.25. The highest BCUT2D eigenvalue weighted by molar-refractivity contribution is 7.53. The number of aliphatic hydroxyl groups is 4. The Morgan fingerprint density at radius 1 is 0.800 bits per heavy atom. The second-order valence-electron chi connectivity index (χ2n) is 9.13. The first kappa shape index (κ1) is 29.7. The molecule has 1 atom stereocenters. The van der Waals surface area contributed by atoms with E-state index < -0.39 is 48.5 Å². The third-order valence-corrected chi connectivity index (χ3v) is 5.86. The van der Waals surface area contributed by atoms with Crippen LogP contribution in [-0.4, -0.2) is 59.8 Å². The van der Waals surface area contributed by atoms with Crippen molar-refractivity contribution in [1.82, 2.24) is 0 Å². The standard InChI is InChI=1S/C19H32O4.H4O5P2/c1-17(2,3)13-7-8-14(15(9-13)18(4,5)6)16(23)19(10-20,11-21)12-22;1-6(2)5-7(3)4/h7-9,16,20-23H,10-12H2,1-6H3;1-4H. The van der Waals surface area contributed by atoms with Gasteiger partial charge < -0.3 is 40.0 Å². The molecular formula is C19H36O9P2. The van der Waals surface area contributed by atoms with Crippen molar-refractivity contribution in [2.45, 2.75) is 58.5 Å². The van der Waals surface area contributed by atoms with Crippen LogP contribution >= 0.6 is 17.2 Å². The molecule has 9 nitrogen and oxygen atoms in total. The van der Waals surface area contributed by atoms with Crippen LogP contribution < -0.4 is 0 Å². The Kier molecular flexibility index (Phi) is 12.0. The first-order valence-corrected chi connectivity index (χ1v) is 11.6. The van der Waals surface area contributed by atoms with Crippen molar-refractivity contribution in [2.75, 3.05) is 19.8 Å². The Morgan fingerprint density at radius 3 is 1.50 bits per heavy atom. The highest BCUT2D eigenvalue weighted by atomic mass is 31.2. The van der Waals surface area contributed by atoms with Crippen molar-refractivity contribution in [3.05, 3.63) is 34.9 Å². The average Bonchev–Trinajstić information content (AvgIpc) is 2.61. The van der Waals surface area contributed by atoms with E-state index in [1.54, 1.807) is 0 Å². The fraction of sp³-hybridized carbons (Fsp3) is 0.684. The molecule has 0 radical (unpaired) electrons. The topological polar surface area (TPSA) is 171 Å². The van der Waals surface area contributed by atoms with Gasteiger partial charge in [-0.25, -0.2) is 4.31 Å². The average molecular weight is 470 g/mol. The quantitative estimate of drug-likeness (QED) is 0.276. The Hall–Kier alpha value is -0.280. The van der Waals surface area contributed by atoms with E-state index in [0.29, 0.717) is 5.56 Å². The van der Waals surface area contributed by atoms with Gasteiger partial charge in [-0.15, -0.1) is 0 Å². The zero-order chi connectivity index (χ0) is 23.9. The summed E-state index contributed by atoms with van der Waals surface area (Å²) in [4.78, 5) is 31.3. The van der Waals surface area contributed by atoms with Gasteiger partial charge in [-0.1, -0.05) is 59.7 Å². The number of aliphatic hydroxyl groups excluding tert-OH is 4. The van der Waals surface area contributed by atoms with Crippen LogP contribution in [0.1, 0.15) is 64.3 Å². The molecule has 0 heterocycles. The maximum absolute atomic E-state index is 10.8. The first-order chi connectivity index (χ1) is 13.6. The van der Waals surface area contributed by atoms with E-state index in [0.717, 1.165) is 11.1 Å². The van der Waals surface area contributed by atoms with E-state index in [4.69, 9.17) is 19.6 Å². The van der Waals surface area contributed by atoms with Gasteiger partial charge in [0.2, 0.25) is 0 Å². The summed E-state index contributed by atoms with van der Waals surface area (Å²) in [5, 5.41) is 39.6. The van der Waals surface area contributed by atoms with Gasteiger partial charge in [-0.05, 0) is 27.5 Å². The lowest BCUT2D eigenvalue weighted by Gasteiger charge is -2.36. The second-order valence-corrected chi connectivity index (χ2v) is 10.8. The van der Waals surface area contributed by atoms with Crippen LogP contribution in [0.15, 0.2) is 18.2 Å². The molecule has 0 saturated carbocycles. The van der Waals surface area contributed by atoms with Crippen LogP contribution in [0, 0.1) is 5.41 Å². The van der Waals surface area contributed by atoms with Crippen molar-refractivity contribution in [2.24, 2.45) is 5.41 Å². The Bertz CT molecular complexity index is 622. The molecule has 0 spiro atoms. The van der Waals surface area contributed by atoms with Gasteiger partial charge in [0, 0.05) is 0 Å². The molecule has 8 N–H and O–H groups in total. The van der Waals surface area contributed by atoms with E-state index in [1.165, 1.54) is 0 Å². The summed E-state index contributed by atoms with van der Waals surface area (Å²) in [6.45, 7) is 11.1. The predicted octanol–water partition coefficient (Wildman–Crippen LogP) is 1.70. The molecule has 0 fully saturated rings. The molecule has 11 heteroatoms. The Morgan fingerprint density at radius 2 is 1.23 bits per heavy atom. The third kappa shape index (κ3) is 8.69. The Labute approximate surface area is 180 Å². The number of hydrogen-bond acceptors (Lipinski definition) is 9. The summed E-state index contributed by atoms with van der Waals surface area (Å²) >= 11 is 0. The van der Waals surface area contributed by atoms with Crippen molar-refractivity contribution in [1.29, 1.82) is 0 Å². The monoisotopic (exact) mass is 470 g/mol. The molecule has 0 bridgehead atoms. The summed E-state index contributed by atoms with van der Waals surface area (Å²) in [5.41, 5.74) is 1.15. The van der Waals surface area contributed by atoms with Crippen LogP contribution in [0.4, 0.5) is 0 Å². The molecule has 1 aromatic carbocycles. The minimum atomic E-state index is -2.61. The zero-order valence-corrected chi connectivity index (χ0v) is 20.1. The van der Waals surface area contributed by atoms with Crippen molar-refractivity contribution in [3.63, 3.8) is 0 Å². The van der Waals surface area contributed by atoms with E-state index in [-0.39, 0.29) is 10.8 Å². The van der Waals surface area contributed by atoms with E-state index in [2.05, 4.69) is 51.9 Å². The molecule has 1 rings (SSSR count). The molecule has 1 aromatic rings. The van der Waals surface area contributed by atoms with Crippen molar-refractivity contribution >= 4 is 17.2 Å². The number of rotatable bonds is 7. The highest BCUT2D eigenvalue weighted by Gasteiger charge is 2.40. The summed E-state index contributed by atoms with van der Waals surface area (Å²) in [5.74, 6) is 0. The minimum absolute atomic E-state index is 0.0223. The van der Waals surface area contributed by atoms with Gasteiger partial charge in [-0.3, -0.25) is 0 Å². The Balaban J connectivity index is 0.00000103. The zero-order valence-electron chi connectivity index (χ0n) is 18.3. The van der Waals surface area contributed by atoms with E-state index >= 15 is 0 Å². The molecule has 0 saturated heterocycles. The maximum Gasteiger partial charge on any atom is 0.334 e. The van der Waals surface area contributed by atoms with Gasteiger partial charge in [0.25, 0.3) is 0 Å². The van der Waals surface area contributed by atoms with E-state index in [1.807, 2.05) is 12.1 Å². The molecule has 1 unspecified atom stereocenters. The lowest BCUT2D eigenvalue weighted by Crippen LogP contribution is -2.41. The number of hydrogen-bond donors (Lipinski definition) is 8. The van der Waals surface area contributed by atoms with Crippen LogP contribution in [0.25, 0.3) is 0 Å². The van der Waals surface area contributed by atoms with Gasteiger partial charge in [0.1, 0.15) is 0 Å². The largest absolute Gasteiger partial charge is 0.395 e. The van der Waals surface area contributed by atoms with Crippen LogP contribution in [-0.2, 0) is 15.1 Å². The highest BCUT2D eigenvalue weighted by Crippen LogP contribution is 2.42. The summed E-state index contributed by atoms with van der Waals surface area (Å²) in [6, 6.07) is 5.89.